The molecule has 15 heavy (non-hydrogen) atoms. The molecule has 0 radical (unpaired) electrons. The van der Waals surface area contributed by atoms with Gasteiger partial charge in [-0.15, -0.1) is 11.3 Å². The molecule has 2 rings (SSSR count). The van der Waals surface area contributed by atoms with E-state index < -0.39 is 0 Å². The highest BCUT2D eigenvalue weighted by atomic mass is 79.9. The summed E-state index contributed by atoms with van der Waals surface area (Å²) in [5, 5.41) is 5.59. The van der Waals surface area contributed by atoms with E-state index in [1.54, 1.807) is 11.3 Å². The fraction of sp³-hybridized carbons (Fsp3) is 0.273. The summed E-state index contributed by atoms with van der Waals surface area (Å²) >= 11 is 5.19. The zero-order valence-corrected chi connectivity index (χ0v) is 10.9. The average molecular weight is 285 g/mol. The Kier molecular flexibility index (Phi) is 3.61. The number of hydrogen-bond donors (Lipinski definition) is 1. The van der Waals surface area contributed by atoms with E-state index in [9.17, 15) is 0 Å². The van der Waals surface area contributed by atoms with E-state index in [2.05, 4.69) is 55.7 Å². The molecule has 1 N–H and O–H groups in total. The predicted molar refractivity (Wildman–Crippen MR) is 68.0 cm³/mol. The molecule has 2 nitrogen and oxygen atoms in total. The summed E-state index contributed by atoms with van der Waals surface area (Å²) < 4.78 is 3.26. The van der Waals surface area contributed by atoms with Crippen molar-refractivity contribution in [2.45, 2.75) is 13.1 Å². The summed E-state index contributed by atoms with van der Waals surface area (Å²) in [5.74, 6) is 0. The van der Waals surface area contributed by atoms with Gasteiger partial charge in [-0.1, -0.05) is 0 Å². The van der Waals surface area contributed by atoms with Crippen LogP contribution in [0.4, 0.5) is 0 Å². The van der Waals surface area contributed by atoms with Gasteiger partial charge in [-0.05, 0) is 44.6 Å². The Balaban J connectivity index is 1.80. The molecule has 0 aromatic carbocycles. The second-order valence-electron chi connectivity index (χ2n) is 3.55. The van der Waals surface area contributed by atoms with Crippen LogP contribution in [0.3, 0.4) is 0 Å². The van der Waals surface area contributed by atoms with Gasteiger partial charge in [-0.2, -0.15) is 0 Å². The lowest BCUT2D eigenvalue weighted by Gasteiger charge is -2.00. The van der Waals surface area contributed by atoms with Crippen molar-refractivity contribution in [3.05, 3.63) is 44.8 Å². The lowest BCUT2D eigenvalue weighted by molar-refractivity contribution is 0.693. The molecule has 0 aliphatic carbocycles. The van der Waals surface area contributed by atoms with Crippen LogP contribution in [0.2, 0.25) is 0 Å². The van der Waals surface area contributed by atoms with Crippen molar-refractivity contribution in [3.63, 3.8) is 0 Å². The van der Waals surface area contributed by atoms with Gasteiger partial charge in [0, 0.05) is 32.5 Å². The van der Waals surface area contributed by atoms with Crippen LogP contribution in [0.25, 0.3) is 0 Å². The Morgan fingerprint density at radius 1 is 1.40 bits per heavy atom. The Labute approximate surface area is 102 Å². The molecule has 0 aliphatic rings. The van der Waals surface area contributed by atoms with Gasteiger partial charge < -0.3 is 9.88 Å². The fourth-order valence-corrected chi connectivity index (χ4v) is 2.66. The Hall–Kier alpha value is -0.580. The van der Waals surface area contributed by atoms with Crippen molar-refractivity contribution >= 4 is 27.3 Å². The van der Waals surface area contributed by atoms with E-state index in [0.717, 1.165) is 13.1 Å². The predicted octanol–water partition coefficient (Wildman–Crippen LogP) is 3.14. The summed E-state index contributed by atoms with van der Waals surface area (Å²) in [5.41, 5.74) is 2.66. The van der Waals surface area contributed by atoms with E-state index in [-0.39, 0.29) is 0 Å². The molecule has 0 saturated heterocycles. The third-order valence-corrected chi connectivity index (χ3v) is 3.73. The van der Waals surface area contributed by atoms with Gasteiger partial charge in [0.05, 0.1) is 3.79 Å². The van der Waals surface area contributed by atoms with Crippen LogP contribution in [0.1, 0.15) is 11.1 Å². The number of hydrogen-bond acceptors (Lipinski definition) is 2. The van der Waals surface area contributed by atoms with Crippen LogP contribution in [-0.2, 0) is 20.1 Å². The number of rotatable bonds is 4. The van der Waals surface area contributed by atoms with E-state index in [1.165, 1.54) is 14.9 Å². The summed E-state index contributed by atoms with van der Waals surface area (Å²) in [4.78, 5) is 0. The zero-order valence-electron chi connectivity index (χ0n) is 8.53. The molecule has 2 aromatic rings. The molecule has 80 valence electrons. The first-order chi connectivity index (χ1) is 7.24. The Morgan fingerprint density at radius 2 is 2.20 bits per heavy atom. The third-order valence-electron chi connectivity index (χ3n) is 2.17. The number of aryl methyl sites for hydroxylation is 1. The molecule has 0 unspecified atom stereocenters. The van der Waals surface area contributed by atoms with Crippen LogP contribution < -0.4 is 5.32 Å². The first kappa shape index (κ1) is 10.9. The van der Waals surface area contributed by atoms with Crippen LogP contribution in [0.15, 0.2) is 33.7 Å². The SMILES string of the molecule is Cn1ccc(CNCc2csc(Br)c2)c1. The quantitative estimate of drug-likeness (QED) is 0.913. The highest BCUT2D eigenvalue weighted by Gasteiger charge is 1.97. The normalized spacial score (nSPS) is 10.8. The van der Waals surface area contributed by atoms with Crippen molar-refractivity contribution in [3.8, 4) is 0 Å². The number of aromatic nitrogens is 1. The van der Waals surface area contributed by atoms with Crippen LogP contribution >= 0.6 is 27.3 Å². The second-order valence-corrected chi connectivity index (χ2v) is 5.84. The number of halogens is 1. The molecular formula is C11H13BrN2S. The Morgan fingerprint density at radius 3 is 2.80 bits per heavy atom. The van der Waals surface area contributed by atoms with Crippen molar-refractivity contribution in [1.29, 1.82) is 0 Å². The van der Waals surface area contributed by atoms with Gasteiger partial charge in [-0.3, -0.25) is 0 Å². The van der Waals surface area contributed by atoms with Crippen LogP contribution in [0, 0.1) is 0 Å². The Bertz CT molecular complexity index is 393. The first-order valence-electron chi connectivity index (χ1n) is 4.78. The molecule has 0 spiro atoms. The number of nitrogens with one attached hydrogen (secondary N) is 1. The van der Waals surface area contributed by atoms with Crippen molar-refractivity contribution in [2.75, 3.05) is 0 Å². The zero-order chi connectivity index (χ0) is 10.7. The van der Waals surface area contributed by atoms with Gasteiger partial charge >= 0.3 is 0 Å². The molecule has 0 atom stereocenters. The van der Waals surface area contributed by atoms with E-state index >= 15 is 0 Å². The minimum absolute atomic E-state index is 0.925. The standard InChI is InChI=1S/C11H13BrN2S/c1-14-3-2-9(7-14)5-13-6-10-4-11(12)15-8-10/h2-4,7-8,13H,5-6H2,1H3. The summed E-state index contributed by atoms with van der Waals surface area (Å²) in [6.07, 6.45) is 4.20. The van der Waals surface area contributed by atoms with E-state index in [1.807, 2.05) is 7.05 Å². The maximum Gasteiger partial charge on any atom is 0.0701 e. The highest BCUT2D eigenvalue weighted by Crippen LogP contribution is 2.20. The first-order valence-corrected chi connectivity index (χ1v) is 6.46. The van der Waals surface area contributed by atoms with Gasteiger partial charge in [0.2, 0.25) is 0 Å². The largest absolute Gasteiger partial charge is 0.357 e. The van der Waals surface area contributed by atoms with Crippen molar-refractivity contribution in [2.24, 2.45) is 7.05 Å². The minimum atomic E-state index is 0.925. The minimum Gasteiger partial charge on any atom is -0.357 e. The molecule has 0 bridgehead atoms. The summed E-state index contributed by atoms with van der Waals surface area (Å²) in [6.45, 7) is 1.85. The number of thiophene rings is 1. The molecular weight excluding hydrogens is 272 g/mol. The molecule has 0 saturated carbocycles. The lowest BCUT2D eigenvalue weighted by atomic mass is 10.3. The maximum absolute atomic E-state index is 3.46. The second kappa shape index (κ2) is 4.96. The molecule has 4 heteroatoms. The maximum atomic E-state index is 3.46. The smallest absolute Gasteiger partial charge is 0.0701 e. The van der Waals surface area contributed by atoms with Gasteiger partial charge in [-0.25, -0.2) is 0 Å². The molecule has 0 amide bonds. The van der Waals surface area contributed by atoms with E-state index in [0.29, 0.717) is 0 Å². The third kappa shape index (κ3) is 3.19. The molecule has 0 aliphatic heterocycles. The number of nitrogens with zero attached hydrogens (tertiary/aromatic N) is 1. The summed E-state index contributed by atoms with van der Waals surface area (Å²) in [6, 6.07) is 4.29. The van der Waals surface area contributed by atoms with E-state index in [4.69, 9.17) is 0 Å². The molecule has 2 heterocycles. The molecule has 0 fully saturated rings. The molecule has 2 aromatic heterocycles. The monoisotopic (exact) mass is 284 g/mol. The van der Waals surface area contributed by atoms with Crippen molar-refractivity contribution in [1.82, 2.24) is 9.88 Å². The fourth-order valence-electron chi connectivity index (χ4n) is 1.46. The summed E-state index contributed by atoms with van der Waals surface area (Å²) in [7, 11) is 2.04. The topological polar surface area (TPSA) is 17.0 Å². The van der Waals surface area contributed by atoms with Crippen LogP contribution in [0.5, 0.6) is 0 Å². The van der Waals surface area contributed by atoms with Gasteiger partial charge in [0.1, 0.15) is 0 Å². The van der Waals surface area contributed by atoms with Gasteiger partial charge in [0.15, 0.2) is 0 Å². The lowest BCUT2D eigenvalue weighted by Crippen LogP contribution is -2.11. The van der Waals surface area contributed by atoms with Crippen LogP contribution in [-0.4, -0.2) is 4.57 Å². The average Bonchev–Trinajstić information content (AvgIpc) is 2.76. The van der Waals surface area contributed by atoms with Gasteiger partial charge in [0.25, 0.3) is 0 Å². The highest BCUT2D eigenvalue weighted by molar-refractivity contribution is 9.11. The van der Waals surface area contributed by atoms with Crippen molar-refractivity contribution < 1.29 is 0 Å².